The van der Waals surface area contributed by atoms with Gasteiger partial charge >= 0.3 is 32.7 Å². The number of thiol groups is 1. The molecule has 0 saturated heterocycles. The van der Waals surface area contributed by atoms with Gasteiger partial charge in [0.1, 0.15) is 6.04 Å². The van der Waals surface area contributed by atoms with Crippen LogP contribution < -0.4 is 5.73 Å². The SMILES string of the molecule is NC(CS)C(=O)O.O=[Se](O)O. The Labute approximate surface area is 73.2 Å². The van der Waals surface area contributed by atoms with E-state index in [-0.39, 0.29) is 5.75 Å². The Morgan fingerprint density at radius 2 is 1.91 bits per heavy atom. The third kappa shape index (κ3) is 17.8. The number of nitrogens with two attached hydrogens (primary N) is 1. The Hall–Kier alpha value is 0.0195. The summed E-state index contributed by atoms with van der Waals surface area (Å²) >= 11 is 0.357. The Balaban J connectivity index is 0. The van der Waals surface area contributed by atoms with Gasteiger partial charge in [-0.1, -0.05) is 0 Å². The topological polar surface area (TPSA) is 121 Å². The fourth-order valence-electron chi connectivity index (χ4n) is 0.0781. The van der Waals surface area contributed by atoms with Gasteiger partial charge in [-0.05, 0) is 0 Å². The van der Waals surface area contributed by atoms with Crippen molar-refractivity contribution in [3.05, 3.63) is 0 Å². The molecule has 0 aromatic rings. The van der Waals surface area contributed by atoms with Crippen LogP contribution in [0.1, 0.15) is 0 Å². The van der Waals surface area contributed by atoms with E-state index < -0.39 is 26.5 Å². The van der Waals surface area contributed by atoms with Crippen molar-refractivity contribution in [3.63, 3.8) is 0 Å². The predicted octanol–water partition coefficient (Wildman–Crippen LogP) is -2.29. The first kappa shape index (κ1) is 13.6. The van der Waals surface area contributed by atoms with Crippen molar-refractivity contribution in [1.29, 1.82) is 0 Å². The normalized spacial score (nSPS) is 11.7. The van der Waals surface area contributed by atoms with E-state index in [1.54, 1.807) is 0 Å². The Morgan fingerprint density at radius 1 is 1.64 bits per heavy atom. The van der Waals surface area contributed by atoms with Gasteiger partial charge in [-0.2, -0.15) is 12.6 Å². The molecule has 0 saturated carbocycles. The van der Waals surface area contributed by atoms with Crippen LogP contribution >= 0.6 is 12.6 Å². The number of hydrogen-bond donors (Lipinski definition) is 5. The quantitative estimate of drug-likeness (QED) is 0.278. The van der Waals surface area contributed by atoms with E-state index in [2.05, 4.69) is 12.6 Å². The van der Waals surface area contributed by atoms with Gasteiger partial charge in [-0.3, -0.25) is 4.79 Å². The number of carboxylic acid groups (broad SMARTS) is 1. The van der Waals surface area contributed by atoms with Gasteiger partial charge in [0, 0.05) is 5.75 Å². The van der Waals surface area contributed by atoms with Gasteiger partial charge < -0.3 is 10.8 Å². The minimum absolute atomic E-state index is 0.190. The van der Waals surface area contributed by atoms with E-state index in [1.165, 1.54) is 0 Å². The van der Waals surface area contributed by atoms with Gasteiger partial charge in [-0.15, -0.1) is 0 Å². The molecule has 0 bridgehead atoms. The van der Waals surface area contributed by atoms with Crippen molar-refractivity contribution in [2.75, 3.05) is 5.75 Å². The molecule has 0 amide bonds. The summed E-state index contributed by atoms with van der Waals surface area (Å²) in [4.78, 5) is 9.76. The molecule has 0 radical (unpaired) electrons. The first-order chi connectivity index (χ1) is 4.91. The maximum atomic E-state index is 9.76. The molecular formula is C3H9NO5SSe. The zero-order valence-corrected chi connectivity index (χ0v) is 7.98. The Morgan fingerprint density at radius 3 is 1.91 bits per heavy atom. The molecule has 0 aromatic heterocycles. The Kier molecular flexibility index (Phi) is 10.0. The summed E-state index contributed by atoms with van der Waals surface area (Å²) in [5, 5.41) is 8.01. The monoisotopic (exact) mass is 251 g/mol. The van der Waals surface area contributed by atoms with Gasteiger partial charge in [0.15, 0.2) is 0 Å². The molecule has 0 spiro atoms. The molecule has 8 heteroatoms. The van der Waals surface area contributed by atoms with Crippen LogP contribution in [0.5, 0.6) is 0 Å². The van der Waals surface area contributed by atoms with Gasteiger partial charge in [0.25, 0.3) is 0 Å². The van der Waals surface area contributed by atoms with Crippen LogP contribution in [0.25, 0.3) is 0 Å². The van der Waals surface area contributed by atoms with Crippen molar-refractivity contribution < 1.29 is 22.1 Å². The fourth-order valence-corrected chi connectivity index (χ4v) is 0.234. The molecule has 0 aromatic carbocycles. The summed E-state index contributed by atoms with van der Waals surface area (Å²) in [7, 11) is 0. The number of carboxylic acids is 1. The van der Waals surface area contributed by atoms with Crippen molar-refractivity contribution in [2.24, 2.45) is 5.73 Å². The third-order valence-electron chi connectivity index (χ3n) is 0.514. The average molecular weight is 250 g/mol. The average Bonchev–Trinajstić information content (AvgIpc) is 1.85. The molecule has 0 rings (SSSR count). The molecule has 0 fully saturated rings. The number of aliphatic carboxylic acids is 1. The summed E-state index contributed by atoms with van der Waals surface area (Å²) in [5.74, 6) is -0.815. The van der Waals surface area contributed by atoms with Gasteiger partial charge in [0.2, 0.25) is 0 Å². The van der Waals surface area contributed by atoms with Gasteiger partial charge in [-0.25, -0.2) is 0 Å². The summed E-state index contributed by atoms with van der Waals surface area (Å²) in [6.07, 6.45) is 0. The van der Waals surface area contributed by atoms with Crippen molar-refractivity contribution in [1.82, 2.24) is 0 Å². The molecule has 68 valence electrons. The van der Waals surface area contributed by atoms with E-state index in [1.807, 2.05) is 0 Å². The molecule has 0 aliphatic heterocycles. The number of carbonyl (C=O) groups is 1. The van der Waals surface area contributed by atoms with E-state index >= 15 is 0 Å². The third-order valence-corrected chi connectivity index (χ3v) is 0.907. The van der Waals surface area contributed by atoms with Crippen molar-refractivity contribution in [3.8, 4) is 0 Å². The van der Waals surface area contributed by atoms with E-state index in [4.69, 9.17) is 23.1 Å². The van der Waals surface area contributed by atoms with Crippen LogP contribution in [0.15, 0.2) is 0 Å². The molecule has 5 N–H and O–H groups in total. The first-order valence-electron chi connectivity index (χ1n) is 2.31. The molecule has 1 atom stereocenters. The van der Waals surface area contributed by atoms with Crippen LogP contribution in [-0.4, -0.2) is 45.7 Å². The second kappa shape index (κ2) is 8.12. The minimum atomic E-state index is -3.29. The molecule has 1 unspecified atom stereocenters. The second-order valence-corrected chi connectivity index (χ2v) is 2.69. The molecular weight excluding hydrogens is 241 g/mol. The van der Waals surface area contributed by atoms with Crippen LogP contribution in [0, 0.1) is 0 Å². The van der Waals surface area contributed by atoms with Crippen molar-refractivity contribution in [2.45, 2.75) is 6.04 Å². The zero-order valence-electron chi connectivity index (χ0n) is 5.38. The van der Waals surface area contributed by atoms with E-state index in [0.717, 1.165) is 0 Å². The van der Waals surface area contributed by atoms with Crippen LogP contribution in [0.2, 0.25) is 0 Å². The first-order valence-corrected chi connectivity index (χ1v) is 5.17. The fraction of sp³-hybridized carbons (Fsp3) is 0.667. The summed E-state index contributed by atoms with van der Waals surface area (Å²) in [6, 6.07) is -0.816. The summed E-state index contributed by atoms with van der Waals surface area (Å²) in [6.45, 7) is 0. The second-order valence-electron chi connectivity index (χ2n) is 1.36. The van der Waals surface area contributed by atoms with Gasteiger partial charge in [0.05, 0.1) is 0 Å². The van der Waals surface area contributed by atoms with Crippen LogP contribution in [0.3, 0.4) is 0 Å². The molecule has 0 heterocycles. The number of hydrogen-bond acceptors (Lipinski definition) is 4. The van der Waals surface area contributed by atoms with Crippen molar-refractivity contribution >= 4 is 33.1 Å². The predicted molar refractivity (Wildman–Crippen MR) is 40.3 cm³/mol. The maximum absolute atomic E-state index is 9.76. The van der Waals surface area contributed by atoms with Crippen LogP contribution in [-0.2, 0) is 8.63 Å². The molecule has 6 nitrogen and oxygen atoms in total. The molecule has 0 aliphatic carbocycles. The summed E-state index contributed by atoms with van der Waals surface area (Å²) < 4.78 is 23.1. The van der Waals surface area contributed by atoms with Crippen LogP contribution in [0.4, 0.5) is 0 Å². The zero-order chi connectivity index (χ0) is 9.44. The summed E-state index contributed by atoms with van der Waals surface area (Å²) in [5.41, 5.74) is 4.94. The molecule has 0 aliphatic rings. The Bertz CT molecular complexity index is 138. The standard InChI is InChI=1S/C3H7NO2S.H2O3Se/c4-2(1-7)3(5)6;1-4(2)3/h2,7H,1,4H2,(H,5,6);(H2,1,2,3). The number of rotatable bonds is 2. The van der Waals surface area contributed by atoms with E-state index in [0.29, 0.717) is 0 Å². The van der Waals surface area contributed by atoms with E-state index in [9.17, 15) is 4.79 Å². The molecule has 11 heavy (non-hydrogen) atoms.